The van der Waals surface area contributed by atoms with Crippen LogP contribution in [-0.4, -0.2) is 67.2 Å². The summed E-state index contributed by atoms with van der Waals surface area (Å²) in [4.78, 5) is 17.9. The normalized spacial score (nSPS) is 21.2. The summed E-state index contributed by atoms with van der Waals surface area (Å²) >= 11 is 0. The molecule has 0 bridgehead atoms. The van der Waals surface area contributed by atoms with Crippen LogP contribution in [0.3, 0.4) is 0 Å². The largest absolute Gasteiger partial charge is 0.340 e. The summed E-state index contributed by atoms with van der Waals surface area (Å²) in [6, 6.07) is 16.3. The highest BCUT2D eigenvalue weighted by Crippen LogP contribution is 2.27. The zero-order chi connectivity index (χ0) is 21.8. The fourth-order valence-electron chi connectivity index (χ4n) is 4.59. The van der Waals surface area contributed by atoms with E-state index in [2.05, 4.69) is 36.1 Å². The van der Waals surface area contributed by atoms with Crippen molar-refractivity contribution in [2.24, 2.45) is 0 Å². The highest BCUT2D eigenvalue weighted by Gasteiger charge is 2.41. The summed E-state index contributed by atoms with van der Waals surface area (Å²) in [5.74, 6) is -0.0465. The fraction of sp³-hybridized carbons (Fsp3) is 0.458. The average molecular weight is 442 g/mol. The molecule has 2 aliphatic heterocycles. The van der Waals surface area contributed by atoms with Gasteiger partial charge in [-0.1, -0.05) is 42.5 Å². The van der Waals surface area contributed by atoms with Crippen LogP contribution >= 0.6 is 0 Å². The highest BCUT2D eigenvalue weighted by atomic mass is 32.2. The minimum atomic E-state index is -3.66. The van der Waals surface area contributed by atoms with Gasteiger partial charge < -0.3 is 4.90 Å². The van der Waals surface area contributed by atoms with Crippen molar-refractivity contribution >= 4 is 15.9 Å². The maximum absolute atomic E-state index is 13.4. The lowest BCUT2D eigenvalue weighted by Crippen LogP contribution is -2.48. The SMILES string of the molecule is Cc1ccccc1CN1CCCN(C(=O)C2CCCN2S(=O)(=O)c2ccccc2)CC1. The molecule has 2 heterocycles. The predicted molar refractivity (Wildman–Crippen MR) is 121 cm³/mol. The third-order valence-corrected chi connectivity index (χ3v) is 8.32. The molecule has 6 nitrogen and oxygen atoms in total. The summed E-state index contributed by atoms with van der Waals surface area (Å²) < 4.78 is 27.7. The molecule has 2 aliphatic rings. The van der Waals surface area contributed by atoms with E-state index in [1.165, 1.54) is 15.4 Å². The first-order chi connectivity index (χ1) is 15.0. The zero-order valence-corrected chi connectivity index (χ0v) is 18.9. The van der Waals surface area contributed by atoms with Crippen LogP contribution in [0, 0.1) is 6.92 Å². The number of sulfonamides is 1. The molecule has 2 aromatic carbocycles. The number of hydrogen-bond acceptors (Lipinski definition) is 4. The molecule has 0 N–H and O–H groups in total. The second-order valence-electron chi connectivity index (χ2n) is 8.47. The lowest BCUT2D eigenvalue weighted by Gasteiger charge is -2.29. The Morgan fingerprint density at radius 3 is 2.42 bits per heavy atom. The Kier molecular flexibility index (Phi) is 6.74. The summed E-state index contributed by atoms with van der Waals surface area (Å²) in [5, 5.41) is 0. The van der Waals surface area contributed by atoms with Crippen LogP contribution in [0.4, 0.5) is 0 Å². The smallest absolute Gasteiger partial charge is 0.243 e. The van der Waals surface area contributed by atoms with Crippen molar-refractivity contribution in [1.29, 1.82) is 0 Å². The van der Waals surface area contributed by atoms with Crippen molar-refractivity contribution in [3.63, 3.8) is 0 Å². The van der Waals surface area contributed by atoms with Crippen LogP contribution in [0.1, 0.15) is 30.4 Å². The lowest BCUT2D eigenvalue weighted by atomic mass is 10.1. The van der Waals surface area contributed by atoms with Crippen LogP contribution in [0.15, 0.2) is 59.5 Å². The van der Waals surface area contributed by atoms with E-state index < -0.39 is 16.1 Å². The number of carbonyl (C=O) groups is 1. The minimum Gasteiger partial charge on any atom is -0.340 e. The number of aryl methyl sites for hydroxylation is 1. The molecule has 1 unspecified atom stereocenters. The molecule has 2 fully saturated rings. The van der Waals surface area contributed by atoms with Crippen LogP contribution in [0.25, 0.3) is 0 Å². The maximum Gasteiger partial charge on any atom is 0.243 e. The first kappa shape index (κ1) is 22.0. The van der Waals surface area contributed by atoms with Gasteiger partial charge in [-0.15, -0.1) is 0 Å². The van der Waals surface area contributed by atoms with Crippen molar-refractivity contribution < 1.29 is 13.2 Å². The number of hydrogen-bond donors (Lipinski definition) is 0. The van der Waals surface area contributed by atoms with Gasteiger partial charge in [-0.3, -0.25) is 9.69 Å². The Bertz CT molecular complexity index is 1010. The van der Waals surface area contributed by atoms with Gasteiger partial charge >= 0.3 is 0 Å². The molecule has 0 aliphatic carbocycles. The van der Waals surface area contributed by atoms with Gasteiger partial charge in [0.15, 0.2) is 0 Å². The molecule has 0 aromatic heterocycles. The third kappa shape index (κ3) is 4.84. The number of benzene rings is 2. The van der Waals surface area contributed by atoms with Crippen molar-refractivity contribution in [2.75, 3.05) is 32.7 Å². The number of nitrogens with zero attached hydrogens (tertiary/aromatic N) is 3. The Labute approximate surface area is 185 Å². The van der Waals surface area contributed by atoms with Crippen molar-refractivity contribution in [3.8, 4) is 0 Å². The van der Waals surface area contributed by atoms with E-state index >= 15 is 0 Å². The quantitative estimate of drug-likeness (QED) is 0.716. The third-order valence-electron chi connectivity index (χ3n) is 6.39. The lowest BCUT2D eigenvalue weighted by molar-refractivity contribution is -0.134. The highest BCUT2D eigenvalue weighted by molar-refractivity contribution is 7.89. The minimum absolute atomic E-state index is 0.0465. The second-order valence-corrected chi connectivity index (χ2v) is 10.4. The molecule has 0 saturated carbocycles. The first-order valence-electron chi connectivity index (χ1n) is 11.1. The summed E-state index contributed by atoms with van der Waals surface area (Å²) in [6.45, 7) is 6.48. The topological polar surface area (TPSA) is 60.9 Å². The van der Waals surface area contributed by atoms with Gasteiger partial charge in [-0.25, -0.2) is 8.42 Å². The van der Waals surface area contributed by atoms with Crippen LogP contribution in [0.2, 0.25) is 0 Å². The number of amides is 1. The Morgan fingerprint density at radius 2 is 1.65 bits per heavy atom. The molecule has 0 radical (unpaired) electrons. The molecule has 0 spiro atoms. The predicted octanol–water partition coefficient (Wildman–Crippen LogP) is 2.88. The zero-order valence-electron chi connectivity index (χ0n) is 18.1. The Balaban J connectivity index is 1.42. The van der Waals surface area contributed by atoms with Gasteiger partial charge in [-0.2, -0.15) is 4.31 Å². The molecular weight excluding hydrogens is 410 g/mol. The van der Waals surface area contributed by atoms with Crippen molar-refractivity contribution in [1.82, 2.24) is 14.1 Å². The van der Waals surface area contributed by atoms with E-state index in [1.54, 1.807) is 30.3 Å². The molecule has 31 heavy (non-hydrogen) atoms. The number of rotatable bonds is 5. The van der Waals surface area contributed by atoms with Gasteiger partial charge in [0.25, 0.3) is 0 Å². The molecule has 2 aromatic rings. The van der Waals surface area contributed by atoms with E-state index in [9.17, 15) is 13.2 Å². The van der Waals surface area contributed by atoms with Crippen molar-refractivity contribution in [2.45, 2.75) is 43.7 Å². The van der Waals surface area contributed by atoms with E-state index in [0.29, 0.717) is 26.1 Å². The first-order valence-corrected chi connectivity index (χ1v) is 12.5. The van der Waals surface area contributed by atoms with Gasteiger partial charge in [0.05, 0.1) is 4.90 Å². The Morgan fingerprint density at radius 1 is 0.903 bits per heavy atom. The van der Waals surface area contributed by atoms with E-state index in [-0.39, 0.29) is 10.8 Å². The molecule has 166 valence electrons. The van der Waals surface area contributed by atoms with Gasteiger partial charge in [0.1, 0.15) is 6.04 Å². The van der Waals surface area contributed by atoms with E-state index in [4.69, 9.17) is 0 Å². The van der Waals surface area contributed by atoms with E-state index in [1.807, 2.05) is 4.90 Å². The summed E-state index contributed by atoms with van der Waals surface area (Å²) in [6.07, 6.45) is 2.21. The van der Waals surface area contributed by atoms with Gasteiger partial charge in [-0.05, 0) is 49.4 Å². The average Bonchev–Trinajstić information content (AvgIpc) is 3.17. The molecule has 4 rings (SSSR count). The van der Waals surface area contributed by atoms with Gasteiger partial charge in [0, 0.05) is 39.3 Å². The van der Waals surface area contributed by atoms with Crippen LogP contribution in [0.5, 0.6) is 0 Å². The van der Waals surface area contributed by atoms with E-state index in [0.717, 1.165) is 32.5 Å². The molecule has 7 heteroatoms. The fourth-order valence-corrected chi connectivity index (χ4v) is 6.26. The molecular formula is C24H31N3O3S. The molecule has 1 amide bonds. The molecule has 1 atom stereocenters. The Hall–Kier alpha value is -2.22. The second kappa shape index (κ2) is 9.51. The summed E-state index contributed by atoms with van der Waals surface area (Å²) in [7, 11) is -3.66. The number of carbonyl (C=O) groups excluding carboxylic acids is 1. The molecule has 2 saturated heterocycles. The van der Waals surface area contributed by atoms with Gasteiger partial charge in [0.2, 0.25) is 15.9 Å². The summed E-state index contributed by atoms with van der Waals surface area (Å²) in [5.41, 5.74) is 2.60. The maximum atomic E-state index is 13.4. The van der Waals surface area contributed by atoms with Crippen molar-refractivity contribution in [3.05, 3.63) is 65.7 Å². The monoisotopic (exact) mass is 441 g/mol. The van der Waals surface area contributed by atoms with Crippen LogP contribution in [-0.2, 0) is 21.4 Å². The standard InChI is InChI=1S/C24H31N3O3S/c1-20-9-5-6-10-21(20)19-25-14-8-15-26(18-17-25)24(28)23-13-7-16-27(23)31(29,30)22-11-3-2-4-12-22/h2-6,9-12,23H,7-8,13-19H2,1H3. The van der Waals surface area contributed by atoms with Crippen LogP contribution < -0.4 is 0 Å².